The molecule has 8 rings (SSSR count). The molecule has 0 aliphatic heterocycles. The van der Waals surface area contributed by atoms with Crippen LogP contribution in [0.3, 0.4) is 0 Å². The molecule has 0 amide bonds. The maximum Gasteiger partial charge on any atom is 1.00 e. The minimum atomic E-state index is -4.11. The Morgan fingerprint density at radius 1 is 0.531 bits per heavy atom. The van der Waals surface area contributed by atoms with Gasteiger partial charge in [0.2, 0.25) is 0 Å². The molecule has 0 saturated heterocycles. The molecule has 32 heavy (non-hydrogen) atoms. The largest absolute Gasteiger partial charge is 1.00 e. The maximum absolute atomic E-state index is 12.6. The van der Waals surface area contributed by atoms with Crippen molar-refractivity contribution in [2.45, 2.75) is 77.0 Å². The fourth-order valence-electron chi connectivity index (χ4n) is 9.71. The molecule has 8 saturated carbocycles. The zero-order chi connectivity index (χ0) is 21.5. The first-order valence-electron chi connectivity index (χ1n) is 12.4. The van der Waals surface area contributed by atoms with Crippen molar-refractivity contribution in [1.29, 1.82) is 0 Å². The van der Waals surface area contributed by atoms with Gasteiger partial charge in [0, 0.05) is 13.1 Å². The average molecular weight is 495 g/mol. The third-order valence-corrected chi connectivity index (χ3v) is 12.6. The van der Waals surface area contributed by atoms with Gasteiger partial charge in [0.15, 0.2) is 0 Å². The molecule has 8 bridgehead atoms. The molecule has 8 fully saturated rings. The SMILES string of the molecule is O=S(=O)(NCC12CC3CC(CC(C3)C1)C2)NS(=O)(=O)NCC12CC3CC(CC(C3)C1)C2.[Na+]. The van der Waals surface area contributed by atoms with Crippen molar-refractivity contribution >= 4 is 20.4 Å². The molecule has 0 spiro atoms. The van der Waals surface area contributed by atoms with E-state index in [9.17, 15) is 16.8 Å². The van der Waals surface area contributed by atoms with Gasteiger partial charge in [-0.3, -0.25) is 0 Å². The van der Waals surface area contributed by atoms with Crippen LogP contribution in [-0.2, 0) is 20.4 Å². The molecule has 7 nitrogen and oxygen atoms in total. The summed E-state index contributed by atoms with van der Waals surface area (Å²) in [7, 11) is -8.22. The summed E-state index contributed by atoms with van der Waals surface area (Å²) in [5.41, 5.74) is 0.0553. The quantitative estimate of drug-likeness (QED) is 0.403. The second kappa shape index (κ2) is 8.43. The van der Waals surface area contributed by atoms with E-state index in [1.807, 2.05) is 4.13 Å². The molecule has 0 radical (unpaired) electrons. The van der Waals surface area contributed by atoms with E-state index in [1.165, 1.54) is 38.5 Å². The zero-order valence-electron chi connectivity index (χ0n) is 19.3. The van der Waals surface area contributed by atoms with Crippen LogP contribution in [0.2, 0.25) is 0 Å². The third-order valence-electron chi connectivity index (χ3n) is 9.82. The van der Waals surface area contributed by atoms with Crippen LogP contribution in [0.25, 0.3) is 0 Å². The minimum Gasteiger partial charge on any atom is -0.201 e. The fraction of sp³-hybridized carbons (Fsp3) is 1.00. The summed E-state index contributed by atoms with van der Waals surface area (Å²) in [5.74, 6) is 4.39. The Morgan fingerprint density at radius 3 is 1.03 bits per heavy atom. The van der Waals surface area contributed by atoms with Crippen LogP contribution < -0.4 is 43.1 Å². The minimum absolute atomic E-state index is 0. The summed E-state index contributed by atoms with van der Waals surface area (Å²) in [6, 6.07) is 0. The van der Waals surface area contributed by atoms with E-state index in [0.29, 0.717) is 13.1 Å². The first-order valence-corrected chi connectivity index (χ1v) is 15.3. The molecule has 8 aliphatic carbocycles. The number of hydrogen-bond donors (Lipinski definition) is 3. The maximum atomic E-state index is 12.6. The van der Waals surface area contributed by atoms with E-state index in [4.69, 9.17) is 0 Å². The van der Waals surface area contributed by atoms with Crippen molar-refractivity contribution in [2.24, 2.45) is 46.3 Å². The van der Waals surface area contributed by atoms with Gasteiger partial charge in [-0.2, -0.15) is 16.8 Å². The molecule has 0 aromatic carbocycles. The molecule has 0 unspecified atom stereocenters. The average Bonchev–Trinajstić information content (AvgIpc) is 2.63. The Balaban J connectivity index is 0.00000216. The summed E-state index contributed by atoms with van der Waals surface area (Å²) < 4.78 is 57.6. The smallest absolute Gasteiger partial charge is 0.201 e. The van der Waals surface area contributed by atoms with Crippen LogP contribution in [0.4, 0.5) is 0 Å². The van der Waals surface area contributed by atoms with Crippen molar-refractivity contribution < 1.29 is 46.4 Å². The van der Waals surface area contributed by atoms with E-state index in [2.05, 4.69) is 9.44 Å². The molecule has 10 heteroatoms. The van der Waals surface area contributed by atoms with E-state index in [1.54, 1.807) is 0 Å². The van der Waals surface area contributed by atoms with Crippen LogP contribution in [-0.4, -0.2) is 29.9 Å². The normalized spacial score (nSPS) is 46.4. The van der Waals surface area contributed by atoms with Gasteiger partial charge in [0.05, 0.1) is 0 Å². The Hall–Kier alpha value is 0.780. The van der Waals surface area contributed by atoms with Crippen molar-refractivity contribution in [1.82, 2.24) is 13.6 Å². The molecular formula is C22H37N3NaO4S2+. The van der Waals surface area contributed by atoms with Gasteiger partial charge in [-0.1, -0.05) is 4.13 Å². The second-order valence-corrected chi connectivity index (χ2v) is 15.8. The topological polar surface area (TPSA) is 104 Å². The summed E-state index contributed by atoms with van der Waals surface area (Å²) in [4.78, 5) is 0. The summed E-state index contributed by atoms with van der Waals surface area (Å²) in [6.45, 7) is 0.715. The summed E-state index contributed by atoms with van der Waals surface area (Å²) in [5, 5.41) is 0. The predicted octanol–water partition coefficient (Wildman–Crippen LogP) is -0.318. The van der Waals surface area contributed by atoms with Crippen molar-refractivity contribution in [3.63, 3.8) is 0 Å². The van der Waals surface area contributed by atoms with Gasteiger partial charge in [0.1, 0.15) is 0 Å². The van der Waals surface area contributed by atoms with Gasteiger partial charge < -0.3 is 0 Å². The Kier molecular flexibility index (Phi) is 6.44. The molecule has 3 N–H and O–H groups in total. The monoisotopic (exact) mass is 494 g/mol. The van der Waals surface area contributed by atoms with Crippen LogP contribution in [0, 0.1) is 46.3 Å². The number of rotatable bonds is 8. The Labute approximate surface area is 215 Å². The fourth-order valence-corrected chi connectivity index (χ4v) is 12.3. The molecule has 0 aromatic rings. The van der Waals surface area contributed by atoms with Gasteiger partial charge in [-0.15, -0.1) is 0 Å². The predicted molar refractivity (Wildman–Crippen MR) is 118 cm³/mol. The standard InChI is InChI=1S/C22H37N3O4S2.Na/c26-30(27,23-13-21-7-15-1-16(8-21)3-17(2-15)9-21)25-31(28,29)24-14-22-10-18-4-19(11-22)6-20(5-18)12-22;/h15-20,23-25H,1-14H2;/q;+1. The second-order valence-electron chi connectivity index (χ2n) is 12.6. The van der Waals surface area contributed by atoms with Gasteiger partial charge in [-0.25, -0.2) is 9.44 Å². The van der Waals surface area contributed by atoms with Crippen LogP contribution in [0.15, 0.2) is 0 Å². The van der Waals surface area contributed by atoms with Gasteiger partial charge >= 0.3 is 29.6 Å². The number of nitrogens with one attached hydrogen (secondary N) is 3. The zero-order valence-corrected chi connectivity index (χ0v) is 22.9. The van der Waals surface area contributed by atoms with E-state index in [0.717, 1.165) is 74.0 Å². The van der Waals surface area contributed by atoms with Crippen molar-refractivity contribution in [3.8, 4) is 0 Å². The van der Waals surface area contributed by atoms with Crippen LogP contribution in [0.5, 0.6) is 0 Å². The molecule has 0 aromatic heterocycles. The Bertz CT molecular complexity index is 806. The third kappa shape index (κ3) is 4.88. The van der Waals surface area contributed by atoms with Gasteiger partial charge in [-0.05, 0) is 123 Å². The van der Waals surface area contributed by atoms with Crippen molar-refractivity contribution in [2.75, 3.05) is 13.1 Å². The first kappa shape index (κ1) is 24.5. The Morgan fingerprint density at radius 2 is 0.781 bits per heavy atom. The molecule has 0 atom stereocenters. The first-order chi connectivity index (χ1) is 14.6. The molecular weight excluding hydrogens is 457 g/mol. The summed E-state index contributed by atoms with van der Waals surface area (Å²) >= 11 is 0. The van der Waals surface area contributed by atoms with Crippen LogP contribution in [0.1, 0.15) is 77.0 Å². The van der Waals surface area contributed by atoms with Crippen molar-refractivity contribution in [3.05, 3.63) is 0 Å². The van der Waals surface area contributed by atoms with E-state index < -0.39 is 20.4 Å². The van der Waals surface area contributed by atoms with Crippen LogP contribution >= 0.6 is 0 Å². The van der Waals surface area contributed by atoms with E-state index in [-0.39, 0.29) is 40.4 Å². The molecule has 8 aliphatic rings. The van der Waals surface area contributed by atoms with Gasteiger partial charge in [0.25, 0.3) is 20.4 Å². The molecule has 176 valence electrons. The van der Waals surface area contributed by atoms with E-state index >= 15 is 0 Å². The summed E-state index contributed by atoms with van der Waals surface area (Å²) in [6.07, 6.45) is 14.3. The number of hydrogen-bond acceptors (Lipinski definition) is 4. The molecule has 0 heterocycles.